The molecule has 10 rings (SSSR count). The molecule has 2 saturated heterocycles. The van der Waals surface area contributed by atoms with Crippen LogP contribution in [0.25, 0.3) is 0 Å². The third kappa shape index (κ3) is 12.9. The number of carboxylic acid groups (broad SMARTS) is 1. The molecular weight excluding hydrogens is 1190 g/mol. The van der Waals surface area contributed by atoms with Gasteiger partial charge in [0.25, 0.3) is 0 Å². The number of rotatable bonds is 13. The normalized spacial score (nSPS) is 38.6. The number of aliphatic hydroxyl groups excluding tert-OH is 4. The molecule has 8 N–H and O–H groups in total. The highest BCUT2D eigenvalue weighted by Crippen LogP contribution is 2.69. The molecule has 2 aromatic carbocycles. The summed E-state index contributed by atoms with van der Waals surface area (Å²) in [6.45, 7) is 35.1. The lowest BCUT2D eigenvalue weighted by atomic mass is 9.40. The smallest absolute Gasteiger partial charge is 0.479 e. The minimum atomic E-state index is -1.47. The van der Waals surface area contributed by atoms with Gasteiger partial charge in [0.2, 0.25) is 0 Å². The largest absolute Gasteiger partial charge is 0.508 e. The van der Waals surface area contributed by atoms with Crippen LogP contribution in [0.2, 0.25) is 0 Å². The lowest BCUT2D eigenvalue weighted by Crippen LogP contribution is -2.75. The van der Waals surface area contributed by atoms with E-state index in [2.05, 4.69) is 19.2 Å². The summed E-state index contributed by atoms with van der Waals surface area (Å²) in [5.41, 5.74) is -3.69. The summed E-state index contributed by atoms with van der Waals surface area (Å²) >= 11 is 0. The van der Waals surface area contributed by atoms with Gasteiger partial charge < -0.3 is 74.2 Å². The molecule has 20 atom stereocenters. The molecule has 1 amide bonds. The Morgan fingerprint density at radius 1 is 0.677 bits per heavy atom. The van der Waals surface area contributed by atoms with Crippen molar-refractivity contribution < 1.29 is 92.9 Å². The van der Waals surface area contributed by atoms with Crippen molar-refractivity contribution in [3.05, 3.63) is 94.1 Å². The average Bonchev–Trinajstić information content (AvgIpc) is 0.683. The number of nitrogens with one attached hydrogen (secondary N) is 1. The zero-order valence-corrected chi connectivity index (χ0v) is 58.0. The number of ether oxygens (including phenoxy) is 7. The van der Waals surface area contributed by atoms with Gasteiger partial charge in [0.15, 0.2) is 11.9 Å². The molecule has 4 saturated carbocycles. The second kappa shape index (κ2) is 26.7. The second-order valence-electron chi connectivity index (χ2n) is 31.7. The fourth-order valence-electron chi connectivity index (χ4n) is 18.9. The number of fused-ring (bicyclic) bond motifs is 10. The van der Waals surface area contributed by atoms with Gasteiger partial charge in [-0.15, -0.1) is 0 Å². The van der Waals surface area contributed by atoms with Crippen LogP contribution in [0.5, 0.6) is 0 Å². The van der Waals surface area contributed by atoms with E-state index in [1.165, 1.54) is 0 Å². The fraction of sp³-hybridized carbons (Fsp3) is 0.712. The SMILES string of the molecule is CC(C)C[C@H](NC(=O)OC(C)(C)C)C(OCOCc1ccccc1)C(=O)O.CC1=C2[C@@H](C)C(=O)[C@]3(C)[C@@H](OC(=O)OCc4ccccc4)C[C@H]4OC[C@@]4(C)[C@H]3[C@H](C)[C@](O)(C[C@@H]1O)C2(C)C.CC1=C2[C@@H](O)C(=O)[C@@]3(C)[C@H]([C@H](C)[C@](O)(C[C@@H]1O)C2(C)C)[C@]1(C)CO[C@@H]1C[C@@H]3O. The Balaban J connectivity index is 0.000000183. The van der Waals surface area contributed by atoms with E-state index in [1.807, 2.05) is 137 Å². The number of carbonyl (C=O) groups excluding carboxylic acids is 4. The first kappa shape index (κ1) is 73.7. The van der Waals surface area contributed by atoms with Crippen molar-refractivity contribution in [3.63, 3.8) is 0 Å². The van der Waals surface area contributed by atoms with Crippen LogP contribution >= 0.6 is 0 Å². The van der Waals surface area contributed by atoms with Crippen LogP contribution in [0.1, 0.15) is 168 Å². The number of carbonyl (C=O) groups is 5. The molecule has 518 valence electrons. The second-order valence-corrected chi connectivity index (χ2v) is 31.7. The summed E-state index contributed by atoms with van der Waals surface area (Å²) in [4.78, 5) is 65.1. The highest BCUT2D eigenvalue weighted by molar-refractivity contribution is 5.93. The van der Waals surface area contributed by atoms with Crippen LogP contribution in [-0.4, -0.2) is 157 Å². The standard InChI is InChI=1S/C31H42O7.C22H34O6.C20H31NO6/c1-17-21(32)14-31(35)19(3)25-29(6)16-37-22(29)13-23(38-27(34)36-15-20-11-9-8-10-12-20)30(25,7)26(33)18(2)24(17)28(31,4)5;1-10-12(23)8-22(27)11(2)17-20(5)9-28-14(20)7-13(24)21(17,6)18(26)16(25)15(10)19(22,3)4;1-14(2)11-16(21-19(24)27-20(3,4)5)17(18(22)23)26-13-25-12-15-9-7-6-8-10-15/h8-12,18-19,21-23,25,32,35H,13-16H2,1-7H3;11-14,16-17,23-25,27H,7-9H2,1-6H3;6-10,14,16-17H,11-13H2,1-5H3,(H,21,24)(H,22,23)/t18-,19+,21+,22-,23+,25-,29-,30-,31-;11-,12-,13-,14+,16+,17+,20+,21+,22+;16-,17?/m100/s1. The molecule has 2 aliphatic heterocycles. The van der Waals surface area contributed by atoms with Crippen LogP contribution in [0.3, 0.4) is 0 Å². The molecule has 6 aliphatic carbocycles. The molecule has 8 aliphatic rings. The molecule has 93 heavy (non-hydrogen) atoms. The Hall–Kier alpha value is -5.13. The number of carboxylic acids is 1. The molecule has 0 aromatic heterocycles. The molecule has 6 fully saturated rings. The van der Waals surface area contributed by atoms with E-state index < -0.39 is 117 Å². The molecule has 0 radical (unpaired) electrons. The van der Waals surface area contributed by atoms with E-state index >= 15 is 0 Å². The van der Waals surface area contributed by atoms with Crippen molar-refractivity contribution in [3.8, 4) is 0 Å². The van der Waals surface area contributed by atoms with Gasteiger partial charge in [0.1, 0.15) is 37.0 Å². The third-order valence-electron chi connectivity index (χ3n) is 23.8. The maximum atomic E-state index is 14.7. The summed E-state index contributed by atoms with van der Waals surface area (Å²) < 4.78 is 39.3. The first-order valence-electron chi connectivity index (χ1n) is 33.3. The zero-order valence-electron chi connectivity index (χ0n) is 58.0. The summed E-state index contributed by atoms with van der Waals surface area (Å²) in [6, 6.07) is 18.1. The average molecular weight is 1300 g/mol. The fourth-order valence-corrected chi connectivity index (χ4v) is 18.9. The molecule has 1 unspecified atom stereocenters. The van der Waals surface area contributed by atoms with Crippen molar-refractivity contribution in [1.82, 2.24) is 5.32 Å². The highest BCUT2D eigenvalue weighted by atomic mass is 16.7. The zero-order chi connectivity index (χ0) is 69.3. The Labute approximate surface area is 549 Å². The van der Waals surface area contributed by atoms with Crippen LogP contribution in [0.4, 0.5) is 9.59 Å². The molecule has 20 heteroatoms. The van der Waals surface area contributed by atoms with Crippen molar-refractivity contribution >= 4 is 29.8 Å². The van der Waals surface area contributed by atoms with E-state index in [9.17, 15) is 59.7 Å². The number of hydrogen-bond acceptors (Lipinski definition) is 18. The molecule has 0 spiro atoms. The van der Waals surface area contributed by atoms with Crippen molar-refractivity contribution in [2.75, 3.05) is 20.0 Å². The summed E-state index contributed by atoms with van der Waals surface area (Å²) in [6.07, 6.45) is -6.58. The maximum absolute atomic E-state index is 14.7. The maximum Gasteiger partial charge on any atom is 0.508 e. The van der Waals surface area contributed by atoms with Gasteiger partial charge in [0.05, 0.1) is 78.4 Å². The first-order valence-corrected chi connectivity index (χ1v) is 33.3. The minimum absolute atomic E-state index is 0.0274. The van der Waals surface area contributed by atoms with E-state index in [1.54, 1.807) is 34.6 Å². The number of benzene rings is 2. The van der Waals surface area contributed by atoms with Gasteiger partial charge in [-0.2, -0.15) is 0 Å². The Bertz CT molecular complexity index is 3140. The van der Waals surface area contributed by atoms with Crippen molar-refractivity contribution in [2.24, 2.45) is 68.0 Å². The molecule has 20 nitrogen and oxygen atoms in total. The summed E-state index contributed by atoms with van der Waals surface area (Å²) in [5.74, 6) is -3.54. The summed E-state index contributed by atoms with van der Waals surface area (Å²) in [5, 5.41) is 80.8. The van der Waals surface area contributed by atoms with Crippen LogP contribution < -0.4 is 5.32 Å². The monoisotopic (exact) mass is 1300 g/mol. The Kier molecular flexibility index (Phi) is 21.2. The number of aliphatic carboxylic acids is 1. The van der Waals surface area contributed by atoms with Gasteiger partial charge in [-0.05, 0) is 118 Å². The van der Waals surface area contributed by atoms with Crippen LogP contribution in [0.15, 0.2) is 83.0 Å². The predicted molar refractivity (Wildman–Crippen MR) is 344 cm³/mol. The van der Waals surface area contributed by atoms with E-state index in [0.717, 1.165) is 22.3 Å². The highest BCUT2D eigenvalue weighted by Gasteiger charge is 2.75. The number of aliphatic hydroxyl groups is 6. The number of alkyl carbamates (subject to hydrolysis) is 1. The Morgan fingerprint density at radius 3 is 1.62 bits per heavy atom. The van der Waals surface area contributed by atoms with Crippen molar-refractivity contribution in [2.45, 2.75) is 242 Å². The first-order chi connectivity index (χ1) is 43.0. The third-order valence-corrected chi connectivity index (χ3v) is 23.8. The van der Waals surface area contributed by atoms with Gasteiger partial charge >= 0.3 is 18.2 Å². The minimum Gasteiger partial charge on any atom is -0.479 e. The van der Waals surface area contributed by atoms with Crippen LogP contribution in [-0.2, 0) is 60.8 Å². The van der Waals surface area contributed by atoms with Gasteiger partial charge in [-0.25, -0.2) is 14.4 Å². The van der Waals surface area contributed by atoms with Gasteiger partial charge in [-0.1, -0.05) is 137 Å². The Morgan fingerprint density at radius 2 is 1.15 bits per heavy atom. The number of ketones is 2. The lowest BCUT2D eigenvalue weighted by Gasteiger charge is -2.68. The van der Waals surface area contributed by atoms with Gasteiger partial charge in [0, 0.05) is 53.3 Å². The molecular formula is C73H107NO19. The molecule has 4 bridgehead atoms. The van der Waals surface area contributed by atoms with E-state index in [0.29, 0.717) is 50.2 Å². The number of amides is 1. The topological polar surface area (TPSA) is 304 Å². The quantitative estimate of drug-likeness (QED) is 0.0400. The van der Waals surface area contributed by atoms with Crippen LogP contribution in [0, 0.1) is 68.0 Å². The van der Waals surface area contributed by atoms with Gasteiger partial charge in [-0.3, -0.25) is 9.59 Å². The molecule has 2 aromatic rings. The van der Waals surface area contributed by atoms with E-state index in [-0.39, 0.29) is 78.7 Å². The predicted octanol–water partition coefficient (Wildman–Crippen LogP) is 9.60. The summed E-state index contributed by atoms with van der Waals surface area (Å²) in [7, 11) is 0. The number of Topliss-reactive ketones (excluding diaryl/α,β-unsaturated/α-hetero) is 2. The number of hydrogen-bond donors (Lipinski definition) is 8. The lowest BCUT2D eigenvalue weighted by molar-refractivity contribution is -0.302. The van der Waals surface area contributed by atoms with E-state index in [4.69, 9.17) is 33.2 Å². The molecule has 2 heterocycles. The van der Waals surface area contributed by atoms with Crippen molar-refractivity contribution in [1.29, 1.82) is 0 Å².